The Kier molecular flexibility index (Phi) is 6.16. The van der Waals surface area contributed by atoms with E-state index in [4.69, 9.17) is 4.74 Å². The summed E-state index contributed by atoms with van der Waals surface area (Å²) in [5.74, 6) is 2.21. The van der Waals surface area contributed by atoms with Crippen molar-refractivity contribution in [3.63, 3.8) is 0 Å². The lowest BCUT2D eigenvalue weighted by atomic mass is 9.84. The van der Waals surface area contributed by atoms with Gasteiger partial charge in [0.25, 0.3) is 0 Å². The van der Waals surface area contributed by atoms with E-state index in [1.54, 1.807) is 7.11 Å². The first-order chi connectivity index (χ1) is 8.49. The van der Waals surface area contributed by atoms with E-state index >= 15 is 0 Å². The van der Waals surface area contributed by atoms with E-state index in [2.05, 4.69) is 48.1 Å². The summed E-state index contributed by atoms with van der Waals surface area (Å²) in [6.07, 6.45) is 1.03. The van der Waals surface area contributed by atoms with Gasteiger partial charge in [-0.05, 0) is 56.0 Å². The van der Waals surface area contributed by atoms with E-state index in [1.165, 1.54) is 5.56 Å². The predicted molar refractivity (Wildman–Crippen MR) is 81.2 cm³/mol. The zero-order chi connectivity index (χ0) is 13.7. The molecule has 2 atom stereocenters. The first-order valence-corrected chi connectivity index (χ1v) is 7.28. The molecule has 0 saturated carbocycles. The number of hydrogen-bond donors (Lipinski definition) is 1. The maximum Gasteiger partial charge on any atom is 0.122 e. The molecule has 2 nitrogen and oxygen atoms in total. The molecule has 18 heavy (non-hydrogen) atoms. The van der Waals surface area contributed by atoms with Crippen LogP contribution in [-0.4, -0.2) is 20.2 Å². The van der Waals surface area contributed by atoms with Crippen molar-refractivity contribution >= 4 is 15.9 Å². The molecule has 0 fully saturated rings. The smallest absolute Gasteiger partial charge is 0.122 e. The highest BCUT2D eigenvalue weighted by atomic mass is 79.9. The second kappa shape index (κ2) is 7.15. The molecule has 0 saturated heterocycles. The average molecular weight is 314 g/mol. The number of halogens is 1. The summed E-state index contributed by atoms with van der Waals surface area (Å²) in [6.45, 7) is 6.81. The minimum absolute atomic E-state index is 0.494. The maximum atomic E-state index is 5.45. The van der Waals surface area contributed by atoms with Gasteiger partial charge in [0.1, 0.15) is 5.75 Å². The first-order valence-electron chi connectivity index (χ1n) is 6.49. The Labute approximate surface area is 119 Å². The Hall–Kier alpha value is -0.540. The Morgan fingerprint density at radius 1 is 1.28 bits per heavy atom. The van der Waals surface area contributed by atoms with E-state index in [1.807, 2.05) is 19.2 Å². The van der Waals surface area contributed by atoms with Gasteiger partial charge >= 0.3 is 0 Å². The molecule has 0 aliphatic heterocycles. The maximum absolute atomic E-state index is 5.45. The summed E-state index contributed by atoms with van der Waals surface area (Å²) in [6, 6.07) is 6.71. The van der Waals surface area contributed by atoms with Gasteiger partial charge in [0.05, 0.1) is 7.11 Å². The standard InChI is InChI=1S/C15H24BrNO/c1-10(2)14(11(3)17-4)9-12-8-13(16)6-7-15(12)18-5/h6-8,10-11,14,17H,9H2,1-5H3. The molecule has 1 rings (SSSR count). The largest absolute Gasteiger partial charge is 0.496 e. The molecule has 1 aromatic rings. The van der Waals surface area contributed by atoms with E-state index in [9.17, 15) is 0 Å². The van der Waals surface area contributed by atoms with Crippen molar-refractivity contribution in [1.29, 1.82) is 0 Å². The molecule has 0 bridgehead atoms. The zero-order valence-electron chi connectivity index (χ0n) is 12.0. The van der Waals surface area contributed by atoms with Crippen molar-refractivity contribution < 1.29 is 4.74 Å². The van der Waals surface area contributed by atoms with Crippen LogP contribution in [0.2, 0.25) is 0 Å². The van der Waals surface area contributed by atoms with Gasteiger partial charge < -0.3 is 10.1 Å². The Morgan fingerprint density at radius 2 is 1.94 bits per heavy atom. The SMILES string of the molecule is CNC(C)C(Cc1cc(Br)ccc1OC)C(C)C. The average Bonchev–Trinajstić information content (AvgIpc) is 2.34. The van der Waals surface area contributed by atoms with Gasteiger partial charge in [0.15, 0.2) is 0 Å². The normalized spacial score (nSPS) is 14.6. The lowest BCUT2D eigenvalue weighted by Gasteiger charge is -2.28. The number of ether oxygens (including phenoxy) is 1. The molecular formula is C15H24BrNO. The fourth-order valence-electron chi connectivity index (χ4n) is 2.36. The molecule has 0 aliphatic rings. The Bertz CT molecular complexity index is 379. The van der Waals surface area contributed by atoms with E-state index in [0.29, 0.717) is 17.9 Å². The second-order valence-electron chi connectivity index (χ2n) is 5.15. The van der Waals surface area contributed by atoms with Crippen LogP contribution in [0.3, 0.4) is 0 Å². The zero-order valence-corrected chi connectivity index (χ0v) is 13.5. The van der Waals surface area contributed by atoms with Crippen LogP contribution in [0.4, 0.5) is 0 Å². The van der Waals surface area contributed by atoms with Crippen LogP contribution < -0.4 is 10.1 Å². The second-order valence-corrected chi connectivity index (χ2v) is 6.06. The number of methoxy groups -OCH3 is 1. The third kappa shape index (κ3) is 3.99. The lowest BCUT2D eigenvalue weighted by Crippen LogP contribution is -2.35. The van der Waals surface area contributed by atoms with Gasteiger partial charge in [-0.15, -0.1) is 0 Å². The summed E-state index contributed by atoms with van der Waals surface area (Å²) >= 11 is 3.54. The predicted octanol–water partition coefficient (Wildman–Crippen LogP) is 3.88. The molecule has 3 heteroatoms. The summed E-state index contributed by atoms with van der Waals surface area (Å²) in [4.78, 5) is 0. The third-order valence-corrected chi connectivity index (χ3v) is 4.15. The van der Waals surface area contributed by atoms with Crippen molar-refractivity contribution in [2.45, 2.75) is 33.2 Å². The van der Waals surface area contributed by atoms with Crippen LogP contribution in [0.5, 0.6) is 5.75 Å². The molecule has 1 N–H and O–H groups in total. The highest BCUT2D eigenvalue weighted by Gasteiger charge is 2.21. The highest BCUT2D eigenvalue weighted by Crippen LogP contribution is 2.29. The fraction of sp³-hybridized carbons (Fsp3) is 0.600. The van der Waals surface area contributed by atoms with Gasteiger partial charge in [-0.3, -0.25) is 0 Å². The fourth-order valence-corrected chi connectivity index (χ4v) is 2.77. The molecule has 0 aliphatic carbocycles. The van der Waals surface area contributed by atoms with E-state index in [-0.39, 0.29) is 0 Å². The van der Waals surface area contributed by atoms with Crippen LogP contribution in [-0.2, 0) is 6.42 Å². The molecule has 0 heterocycles. The van der Waals surface area contributed by atoms with Crippen molar-refractivity contribution in [3.05, 3.63) is 28.2 Å². The van der Waals surface area contributed by atoms with Crippen LogP contribution in [0, 0.1) is 11.8 Å². The molecule has 2 unspecified atom stereocenters. The van der Waals surface area contributed by atoms with Gasteiger partial charge in [-0.2, -0.15) is 0 Å². The number of nitrogens with one attached hydrogen (secondary N) is 1. The van der Waals surface area contributed by atoms with Crippen LogP contribution in [0.1, 0.15) is 26.3 Å². The van der Waals surface area contributed by atoms with E-state index in [0.717, 1.165) is 16.6 Å². The minimum atomic E-state index is 0.494. The summed E-state index contributed by atoms with van der Waals surface area (Å²) < 4.78 is 6.56. The van der Waals surface area contributed by atoms with Gasteiger partial charge in [0.2, 0.25) is 0 Å². The van der Waals surface area contributed by atoms with Gasteiger partial charge in [0, 0.05) is 10.5 Å². The quantitative estimate of drug-likeness (QED) is 0.860. The third-order valence-electron chi connectivity index (χ3n) is 3.65. The minimum Gasteiger partial charge on any atom is -0.496 e. The van der Waals surface area contributed by atoms with Gasteiger partial charge in [-0.1, -0.05) is 29.8 Å². The first kappa shape index (κ1) is 15.5. The highest BCUT2D eigenvalue weighted by molar-refractivity contribution is 9.10. The molecular weight excluding hydrogens is 290 g/mol. The van der Waals surface area contributed by atoms with Crippen LogP contribution in [0.15, 0.2) is 22.7 Å². The Morgan fingerprint density at radius 3 is 2.44 bits per heavy atom. The van der Waals surface area contributed by atoms with Crippen molar-refractivity contribution in [3.8, 4) is 5.75 Å². The molecule has 0 aromatic heterocycles. The van der Waals surface area contributed by atoms with E-state index < -0.39 is 0 Å². The molecule has 0 radical (unpaired) electrons. The summed E-state index contributed by atoms with van der Waals surface area (Å²) in [5, 5.41) is 3.37. The monoisotopic (exact) mass is 313 g/mol. The van der Waals surface area contributed by atoms with Gasteiger partial charge in [-0.25, -0.2) is 0 Å². The molecule has 0 spiro atoms. The van der Waals surface area contributed by atoms with Crippen LogP contribution >= 0.6 is 15.9 Å². The molecule has 1 aromatic carbocycles. The summed E-state index contributed by atoms with van der Waals surface area (Å²) in [5.41, 5.74) is 1.27. The number of benzene rings is 1. The number of rotatable bonds is 6. The van der Waals surface area contributed by atoms with Crippen molar-refractivity contribution in [1.82, 2.24) is 5.32 Å². The van der Waals surface area contributed by atoms with Crippen molar-refractivity contribution in [2.24, 2.45) is 11.8 Å². The lowest BCUT2D eigenvalue weighted by molar-refractivity contribution is 0.296. The topological polar surface area (TPSA) is 21.3 Å². The molecule has 102 valence electrons. The van der Waals surface area contributed by atoms with Crippen LogP contribution in [0.25, 0.3) is 0 Å². The number of hydrogen-bond acceptors (Lipinski definition) is 2. The summed E-state index contributed by atoms with van der Waals surface area (Å²) in [7, 11) is 3.76. The molecule has 0 amide bonds. The van der Waals surface area contributed by atoms with Crippen molar-refractivity contribution in [2.75, 3.05) is 14.2 Å². The Balaban J connectivity index is 2.96.